The molecule has 3 heterocycles. The number of aryl methyl sites for hydroxylation is 1. The number of imidazole rings is 1. The van der Waals surface area contributed by atoms with Crippen molar-refractivity contribution in [1.82, 2.24) is 19.4 Å². The second-order valence-electron chi connectivity index (χ2n) is 7.14. The van der Waals surface area contributed by atoms with E-state index in [2.05, 4.69) is 16.5 Å². The fourth-order valence-corrected chi connectivity index (χ4v) is 3.95. The molecular formula is C22H26N4O2. The third-order valence-electron chi connectivity index (χ3n) is 5.35. The van der Waals surface area contributed by atoms with Crippen molar-refractivity contribution in [3.63, 3.8) is 0 Å². The van der Waals surface area contributed by atoms with Gasteiger partial charge < -0.3 is 14.2 Å². The molecule has 1 aliphatic heterocycles. The topological polar surface area (TPSA) is 60.2 Å². The van der Waals surface area contributed by atoms with Crippen LogP contribution in [0.25, 0.3) is 11.2 Å². The first kappa shape index (κ1) is 18.5. The first-order valence-corrected chi connectivity index (χ1v) is 10.00. The Morgan fingerprint density at radius 1 is 1.21 bits per heavy atom. The molecule has 1 fully saturated rings. The van der Waals surface area contributed by atoms with Crippen LogP contribution in [0.4, 0.5) is 0 Å². The van der Waals surface area contributed by atoms with Crippen LogP contribution < -0.4 is 4.74 Å². The van der Waals surface area contributed by atoms with Crippen LogP contribution in [0.2, 0.25) is 0 Å². The van der Waals surface area contributed by atoms with E-state index in [1.165, 1.54) is 0 Å². The summed E-state index contributed by atoms with van der Waals surface area (Å²) in [6.07, 6.45) is 3.17. The van der Waals surface area contributed by atoms with Crippen molar-refractivity contribution in [2.24, 2.45) is 0 Å². The Bertz CT molecular complexity index is 964. The van der Waals surface area contributed by atoms with Crippen molar-refractivity contribution >= 4 is 17.1 Å². The van der Waals surface area contributed by atoms with Crippen LogP contribution in [0.3, 0.4) is 0 Å². The van der Waals surface area contributed by atoms with E-state index in [1.807, 2.05) is 48.2 Å². The maximum Gasteiger partial charge on any atom is 0.227 e. The fourth-order valence-electron chi connectivity index (χ4n) is 3.95. The Labute approximate surface area is 165 Å². The molecular weight excluding hydrogens is 352 g/mol. The SMILES string of the molecule is CCOc1ccc(CC(=O)N2CC[C@H](c3nc4cccnc4n3CC)C2)cc1. The van der Waals surface area contributed by atoms with Gasteiger partial charge in [-0.05, 0) is 50.1 Å². The van der Waals surface area contributed by atoms with Crippen LogP contribution in [-0.4, -0.2) is 45.0 Å². The van der Waals surface area contributed by atoms with E-state index in [-0.39, 0.29) is 11.8 Å². The van der Waals surface area contributed by atoms with E-state index in [0.717, 1.165) is 54.4 Å². The zero-order chi connectivity index (χ0) is 19.5. The number of amides is 1. The predicted octanol–water partition coefficient (Wildman–Crippen LogP) is 3.41. The number of carbonyl (C=O) groups excluding carboxylic acids is 1. The highest BCUT2D eigenvalue weighted by molar-refractivity contribution is 5.79. The molecule has 6 heteroatoms. The molecule has 146 valence electrons. The lowest BCUT2D eigenvalue weighted by Gasteiger charge is -2.17. The molecule has 0 unspecified atom stereocenters. The third-order valence-corrected chi connectivity index (χ3v) is 5.35. The van der Waals surface area contributed by atoms with Gasteiger partial charge in [-0.3, -0.25) is 4.79 Å². The predicted molar refractivity (Wildman–Crippen MR) is 108 cm³/mol. The summed E-state index contributed by atoms with van der Waals surface area (Å²) in [5.41, 5.74) is 2.87. The molecule has 28 heavy (non-hydrogen) atoms. The van der Waals surface area contributed by atoms with E-state index in [9.17, 15) is 4.79 Å². The maximum atomic E-state index is 12.8. The van der Waals surface area contributed by atoms with Crippen LogP contribution in [-0.2, 0) is 17.8 Å². The average molecular weight is 378 g/mol. The molecule has 0 N–H and O–H groups in total. The molecule has 4 rings (SSSR count). The van der Waals surface area contributed by atoms with Crippen molar-refractivity contribution in [2.75, 3.05) is 19.7 Å². The molecule has 0 spiro atoms. The summed E-state index contributed by atoms with van der Waals surface area (Å²) < 4.78 is 7.65. The van der Waals surface area contributed by atoms with E-state index in [1.54, 1.807) is 6.20 Å². The minimum Gasteiger partial charge on any atom is -0.494 e. The number of aromatic nitrogens is 3. The van der Waals surface area contributed by atoms with Crippen LogP contribution in [0.5, 0.6) is 5.75 Å². The normalized spacial score (nSPS) is 16.6. The molecule has 1 aliphatic rings. The number of benzene rings is 1. The lowest BCUT2D eigenvalue weighted by molar-refractivity contribution is -0.129. The standard InChI is InChI=1S/C22H26N4O2/c1-3-26-21(24-19-6-5-12-23-22(19)26)17-11-13-25(15-17)20(27)14-16-7-9-18(10-8-16)28-4-2/h5-10,12,17H,3-4,11,13-15H2,1-2H3/t17-/m0/s1. The van der Waals surface area contributed by atoms with E-state index >= 15 is 0 Å². The lowest BCUT2D eigenvalue weighted by atomic mass is 10.1. The smallest absolute Gasteiger partial charge is 0.227 e. The van der Waals surface area contributed by atoms with E-state index < -0.39 is 0 Å². The molecule has 1 amide bonds. The van der Waals surface area contributed by atoms with Gasteiger partial charge in [0.1, 0.15) is 17.1 Å². The van der Waals surface area contributed by atoms with Crippen molar-refractivity contribution < 1.29 is 9.53 Å². The Balaban J connectivity index is 1.44. The second kappa shape index (κ2) is 8.00. The number of hydrogen-bond donors (Lipinski definition) is 0. The summed E-state index contributed by atoms with van der Waals surface area (Å²) in [4.78, 5) is 24.1. The van der Waals surface area contributed by atoms with Crippen LogP contribution in [0, 0.1) is 0 Å². The number of hydrogen-bond acceptors (Lipinski definition) is 4. The number of ether oxygens (including phenoxy) is 1. The highest BCUT2D eigenvalue weighted by atomic mass is 16.5. The first-order valence-electron chi connectivity index (χ1n) is 10.00. The molecule has 6 nitrogen and oxygen atoms in total. The Morgan fingerprint density at radius 2 is 2.04 bits per heavy atom. The summed E-state index contributed by atoms with van der Waals surface area (Å²) in [6.45, 7) is 7.05. The molecule has 1 aromatic carbocycles. The third kappa shape index (κ3) is 3.59. The fraction of sp³-hybridized carbons (Fsp3) is 0.409. The Kier molecular flexibility index (Phi) is 5.28. The molecule has 3 aromatic rings. The second-order valence-corrected chi connectivity index (χ2v) is 7.14. The summed E-state index contributed by atoms with van der Waals surface area (Å²) in [5.74, 6) is 2.32. The van der Waals surface area contributed by atoms with Crippen LogP contribution in [0.1, 0.15) is 37.6 Å². The van der Waals surface area contributed by atoms with Gasteiger partial charge in [0, 0.05) is 31.7 Å². The summed E-state index contributed by atoms with van der Waals surface area (Å²) >= 11 is 0. The van der Waals surface area contributed by atoms with E-state index in [0.29, 0.717) is 13.0 Å². The van der Waals surface area contributed by atoms with Crippen molar-refractivity contribution in [1.29, 1.82) is 0 Å². The highest BCUT2D eigenvalue weighted by Crippen LogP contribution is 2.29. The molecule has 0 radical (unpaired) electrons. The van der Waals surface area contributed by atoms with Gasteiger partial charge in [0.25, 0.3) is 0 Å². The van der Waals surface area contributed by atoms with Gasteiger partial charge in [-0.2, -0.15) is 0 Å². The summed E-state index contributed by atoms with van der Waals surface area (Å²) in [5, 5.41) is 0. The number of likely N-dealkylation sites (tertiary alicyclic amines) is 1. The van der Waals surface area contributed by atoms with Crippen molar-refractivity contribution in [2.45, 2.75) is 39.2 Å². The molecule has 0 saturated carbocycles. The van der Waals surface area contributed by atoms with Gasteiger partial charge in [-0.1, -0.05) is 12.1 Å². The van der Waals surface area contributed by atoms with Crippen molar-refractivity contribution in [3.8, 4) is 5.75 Å². The highest BCUT2D eigenvalue weighted by Gasteiger charge is 2.30. The number of rotatable bonds is 6. The zero-order valence-corrected chi connectivity index (χ0v) is 16.5. The lowest BCUT2D eigenvalue weighted by Crippen LogP contribution is -2.30. The van der Waals surface area contributed by atoms with Gasteiger partial charge in [0.2, 0.25) is 5.91 Å². The van der Waals surface area contributed by atoms with Gasteiger partial charge >= 0.3 is 0 Å². The largest absolute Gasteiger partial charge is 0.494 e. The maximum absolute atomic E-state index is 12.8. The number of carbonyl (C=O) groups is 1. The molecule has 1 saturated heterocycles. The van der Waals surface area contributed by atoms with Gasteiger partial charge in [-0.15, -0.1) is 0 Å². The molecule has 1 atom stereocenters. The minimum absolute atomic E-state index is 0.170. The molecule has 0 aliphatic carbocycles. The Morgan fingerprint density at radius 3 is 2.79 bits per heavy atom. The van der Waals surface area contributed by atoms with Crippen molar-refractivity contribution in [3.05, 3.63) is 54.0 Å². The Hall–Kier alpha value is -2.89. The summed E-state index contributed by atoms with van der Waals surface area (Å²) in [7, 11) is 0. The monoisotopic (exact) mass is 378 g/mol. The molecule has 0 bridgehead atoms. The number of pyridine rings is 1. The zero-order valence-electron chi connectivity index (χ0n) is 16.5. The van der Waals surface area contributed by atoms with Gasteiger partial charge in [0.05, 0.1) is 13.0 Å². The van der Waals surface area contributed by atoms with Crippen LogP contribution in [0.15, 0.2) is 42.6 Å². The average Bonchev–Trinajstić information content (AvgIpc) is 3.34. The van der Waals surface area contributed by atoms with Crippen LogP contribution >= 0.6 is 0 Å². The first-order chi connectivity index (χ1) is 13.7. The van der Waals surface area contributed by atoms with Gasteiger partial charge in [0.15, 0.2) is 5.65 Å². The minimum atomic E-state index is 0.170. The quantitative estimate of drug-likeness (QED) is 0.660. The molecule has 2 aromatic heterocycles. The number of nitrogens with zero attached hydrogens (tertiary/aromatic N) is 4. The summed E-state index contributed by atoms with van der Waals surface area (Å²) in [6, 6.07) is 11.7. The number of fused-ring (bicyclic) bond motifs is 1. The van der Waals surface area contributed by atoms with E-state index in [4.69, 9.17) is 9.72 Å². The van der Waals surface area contributed by atoms with Gasteiger partial charge in [-0.25, -0.2) is 9.97 Å².